The third-order valence-corrected chi connectivity index (χ3v) is 3.29. The van der Waals surface area contributed by atoms with E-state index in [0.29, 0.717) is 12.2 Å². The zero-order valence-corrected chi connectivity index (χ0v) is 11.0. The Morgan fingerprint density at radius 3 is 2.67 bits per heavy atom. The van der Waals surface area contributed by atoms with Crippen LogP contribution in [0.3, 0.4) is 0 Å². The van der Waals surface area contributed by atoms with Crippen molar-refractivity contribution in [1.29, 1.82) is 0 Å². The number of rotatable bonds is 6. The van der Waals surface area contributed by atoms with Crippen LogP contribution in [0.5, 0.6) is 0 Å². The van der Waals surface area contributed by atoms with Crippen molar-refractivity contribution in [2.45, 2.75) is 4.90 Å². The van der Waals surface area contributed by atoms with E-state index in [0.717, 1.165) is 6.26 Å². The van der Waals surface area contributed by atoms with Gasteiger partial charge in [0, 0.05) is 12.8 Å². The topological polar surface area (TPSA) is 75.3 Å². The van der Waals surface area contributed by atoms with Gasteiger partial charge in [-0.05, 0) is 12.1 Å². The molecule has 0 spiro atoms. The molecule has 98 valence electrons. The number of anilines is 1. The third-order valence-electron chi connectivity index (χ3n) is 2.13. The first-order valence-corrected chi connectivity index (χ1v) is 7.25. The van der Waals surface area contributed by atoms with Crippen molar-refractivity contribution in [1.82, 2.24) is 5.32 Å². The highest BCUT2D eigenvalue weighted by molar-refractivity contribution is 7.90. The average Bonchev–Trinajstić information content (AvgIpc) is 2.28. The Hall–Kier alpha value is -1.66. The molecule has 0 aromatic heterocycles. The van der Waals surface area contributed by atoms with Gasteiger partial charge in [-0.1, -0.05) is 18.2 Å². The van der Waals surface area contributed by atoms with Crippen LogP contribution in [-0.4, -0.2) is 33.7 Å². The summed E-state index contributed by atoms with van der Waals surface area (Å²) in [6.45, 7) is 4.13. The molecule has 0 aliphatic rings. The summed E-state index contributed by atoms with van der Waals surface area (Å²) >= 11 is 0. The lowest BCUT2D eigenvalue weighted by Crippen LogP contribution is -2.28. The first-order valence-electron chi connectivity index (χ1n) is 5.35. The van der Waals surface area contributed by atoms with Crippen LogP contribution in [0.2, 0.25) is 0 Å². The monoisotopic (exact) mass is 268 g/mol. The largest absolute Gasteiger partial charge is 0.324 e. The van der Waals surface area contributed by atoms with Crippen molar-refractivity contribution in [2.24, 2.45) is 0 Å². The second-order valence-electron chi connectivity index (χ2n) is 3.74. The number of para-hydroxylation sites is 1. The molecule has 1 aromatic carbocycles. The summed E-state index contributed by atoms with van der Waals surface area (Å²) in [4.78, 5) is 11.7. The Morgan fingerprint density at radius 1 is 1.39 bits per heavy atom. The molecule has 1 aromatic rings. The summed E-state index contributed by atoms with van der Waals surface area (Å²) < 4.78 is 23.0. The van der Waals surface area contributed by atoms with Gasteiger partial charge in [0.1, 0.15) is 0 Å². The minimum atomic E-state index is -3.36. The van der Waals surface area contributed by atoms with Gasteiger partial charge in [0.2, 0.25) is 5.91 Å². The van der Waals surface area contributed by atoms with E-state index < -0.39 is 9.84 Å². The van der Waals surface area contributed by atoms with Crippen LogP contribution in [-0.2, 0) is 14.6 Å². The number of amides is 1. The highest BCUT2D eigenvalue weighted by Crippen LogP contribution is 2.20. The molecule has 0 atom stereocenters. The second kappa shape index (κ2) is 6.32. The van der Waals surface area contributed by atoms with Crippen LogP contribution in [0, 0.1) is 0 Å². The van der Waals surface area contributed by atoms with Crippen LogP contribution in [0.25, 0.3) is 0 Å². The number of hydrogen-bond acceptors (Lipinski definition) is 4. The summed E-state index contributed by atoms with van der Waals surface area (Å²) in [6, 6.07) is 6.30. The molecule has 0 heterocycles. The van der Waals surface area contributed by atoms with Crippen molar-refractivity contribution in [3.63, 3.8) is 0 Å². The summed E-state index contributed by atoms with van der Waals surface area (Å²) in [5.41, 5.74) is 0.297. The van der Waals surface area contributed by atoms with Crippen LogP contribution in [0.4, 0.5) is 5.69 Å². The molecule has 0 fully saturated rings. The Morgan fingerprint density at radius 2 is 2.06 bits per heavy atom. The maximum absolute atomic E-state index is 11.6. The molecule has 0 unspecified atom stereocenters. The standard InChI is InChI=1S/C12H16N2O3S/c1-3-8-13-9-12(15)14-10-6-4-5-7-11(10)18(2,16)17/h3-7,13H,1,8-9H2,2H3,(H,14,15). The molecule has 0 aliphatic heterocycles. The molecule has 0 saturated carbocycles. The van der Waals surface area contributed by atoms with Crippen molar-refractivity contribution in [3.05, 3.63) is 36.9 Å². The molecule has 6 heteroatoms. The normalized spacial score (nSPS) is 10.9. The fourth-order valence-electron chi connectivity index (χ4n) is 1.38. The highest BCUT2D eigenvalue weighted by Gasteiger charge is 2.13. The first kappa shape index (κ1) is 14.4. The van der Waals surface area contributed by atoms with Gasteiger partial charge in [-0.25, -0.2) is 8.42 Å². The molecular formula is C12H16N2O3S. The lowest BCUT2D eigenvalue weighted by Gasteiger charge is -2.09. The predicted octanol–water partition coefficient (Wildman–Crippen LogP) is 0.804. The van der Waals surface area contributed by atoms with E-state index in [-0.39, 0.29) is 17.3 Å². The zero-order valence-electron chi connectivity index (χ0n) is 10.1. The van der Waals surface area contributed by atoms with Crippen LogP contribution < -0.4 is 10.6 Å². The molecule has 0 aliphatic carbocycles. The second-order valence-corrected chi connectivity index (χ2v) is 5.72. The van der Waals surface area contributed by atoms with Gasteiger partial charge in [-0.15, -0.1) is 6.58 Å². The number of benzene rings is 1. The summed E-state index contributed by atoms with van der Waals surface area (Å²) in [7, 11) is -3.36. The van der Waals surface area contributed by atoms with Gasteiger partial charge in [0.25, 0.3) is 0 Å². The quantitative estimate of drug-likeness (QED) is 0.591. The molecule has 1 rings (SSSR count). The van der Waals surface area contributed by atoms with Crippen LogP contribution >= 0.6 is 0 Å². The van der Waals surface area contributed by atoms with Gasteiger partial charge in [-0.3, -0.25) is 4.79 Å². The maximum atomic E-state index is 11.6. The summed E-state index contributed by atoms with van der Waals surface area (Å²) in [5.74, 6) is -0.298. The molecular weight excluding hydrogens is 252 g/mol. The van der Waals surface area contributed by atoms with Crippen LogP contribution in [0.15, 0.2) is 41.8 Å². The molecule has 1 amide bonds. The molecule has 0 radical (unpaired) electrons. The molecule has 2 N–H and O–H groups in total. The Balaban J connectivity index is 2.79. The van der Waals surface area contributed by atoms with E-state index in [1.165, 1.54) is 6.07 Å². The van der Waals surface area contributed by atoms with Crippen molar-refractivity contribution in [2.75, 3.05) is 24.7 Å². The molecule has 0 bridgehead atoms. The number of sulfone groups is 1. The third kappa shape index (κ3) is 4.31. The van der Waals surface area contributed by atoms with Crippen molar-refractivity contribution in [3.8, 4) is 0 Å². The molecule has 18 heavy (non-hydrogen) atoms. The van der Waals surface area contributed by atoms with Gasteiger partial charge in [0.15, 0.2) is 9.84 Å². The number of nitrogens with one attached hydrogen (secondary N) is 2. The Labute approximate surface area is 107 Å². The van der Waals surface area contributed by atoms with Crippen molar-refractivity contribution >= 4 is 21.4 Å². The highest BCUT2D eigenvalue weighted by atomic mass is 32.2. The molecule has 5 nitrogen and oxygen atoms in total. The lowest BCUT2D eigenvalue weighted by molar-refractivity contribution is -0.115. The Kier molecular flexibility index (Phi) is 5.06. The van der Waals surface area contributed by atoms with E-state index in [4.69, 9.17) is 0 Å². The van der Waals surface area contributed by atoms with Crippen molar-refractivity contribution < 1.29 is 13.2 Å². The van der Waals surface area contributed by atoms with E-state index in [1.54, 1.807) is 24.3 Å². The van der Waals surface area contributed by atoms with E-state index in [9.17, 15) is 13.2 Å². The Bertz CT molecular complexity index is 538. The minimum absolute atomic E-state index is 0.101. The lowest BCUT2D eigenvalue weighted by atomic mass is 10.3. The predicted molar refractivity (Wildman–Crippen MR) is 71.2 cm³/mol. The number of carbonyl (C=O) groups excluding carboxylic acids is 1. The maximum Gasteiger partial charge on any atom is 0.238 e. The fourth-order valence-corrected chi connectivity index (χ4v) is 2.22. The van der Waals surface area contributed by atoms with Gasteiger partial charge in [0.05, 0.1) is 17.1 Å². The fraction of sp³-hybridized carbons (Fsp3) is 0.250. The average molecular weight is 268 g/mol. The SMILES string of the molecule is C=CCNCC(=O)Nc1ccccc1S(C)(=O)=O. The smallest absolute Gasteiger partial charge is 0.238 e. The van der Waals surface area contributed by atoms with E-state index in [2.05, 4.69) is 17.2 Å². The summed E-state index contributed by atoms with van der Waals surface area (Å²) in [6.07, 6.45) is 2.74. The number of carbonyl (C=O) groups is 1. The van der Waals surface area contributed by atoms with Gasteiger partial charge < -0.3 is 10.6 Å². The number of hydrogen-bond donors (Lipinski definition) is 2. The van der Waals surface area contributed by atoms with E-state index in [1.807, 2.05) is 0 Å². The first-order chi connectivity index (χ1) is 8.45. The minimum Gasteiger partial charge on any atom is -0.324 e. The van der Waals surface area contributed by atoms with Crippen LogP contribution in [0.1, 0.15) is 0 Å². The van der Waals surface area contributed by atoms with E-state index >= 15 is 0 Å². The molecule has 0 saturated heterocycles. The summed E-state index contributed by atoms with van der Waals surface area (Å²) in [5, 5.41) is 5.39. The van der Waals surface area contributed by atoms with Gasteiger partial charge >= 0.3 is 0 Å². The zero-order chi connectivity index (χ0) is 13.6. The van der Waals surface area contributed by atoms with Gasteiger partial charge in [-0.2, -0.15) is 0 Å².